The van der Waals surface area contributed by atoms with E-state index in [-0.39, 0.29) is 22.6 Å². The van der Waals surface area contributed by atoms with Crippen molar-refractivity contribution in [2.75, 3.05) is 5.32 Å². The minimum atomic E-state index is -0.607. The number of carbonyl (C=O) groups excluding carboxylic acids is 3. The van der Waals surface area contributed by atoms with Gasteiger partial charge in [0, 0.05) is 22.5 Å². The number of hydrogen-bond acceptors (Lipinski definition) is 6. The number of benzene rings is 3. The van der Waals surface area contributed by atoms with Crippen LogP contribution < -0.4 is 5.32 Å². The van der Waals surface area contributed by atoms with Gasteiger partial charge in [-0.1, -0.05) is 77.9 Å². The molecule has 0 fully saturated rings. The number of ketones is 2. The van der Waals surface area contributed by atoms with E-state index in [1.807, 2.05) is 64.1 Å². The molecule has 0 saturated heterocycles. The molecule has 8 heteroatoms. The molecular formula is C34H27N5O3. The summed E-state index contributed by atoms with van der Waals surface area (Å²) in [6.07, 6.45) is 0. The van der Waals surface area contributed by atoms with Crippen LogP contribution in [0.5, 0.6) is 0 Å². The van der Waals surface area contributed by atoms with Crippen molar-refractivity contribution in [1.82, 2.24) is 19.6 Å². The SMILES string of the molecule is Cc1ccc(C(=O)c2nc3c4c(C)cc(C)nc4nn3c(C(=O)Nc3ccccc3)c2C(=O)c2ccc(C)cc2)cc1. The van der Waals surface area contributed by atoms with E-state index in [1.54, 1.807) is 48.5 Å². The molecule has 3 aromatic heterocycles. The zero-order valence-electron chi connectivity index (χ0n) is 23.6. The summed E-state index contributed by atoms with van der Waals surface area (Å²) < 4.78 is 1.34. The number of amides is 1. The third-order valence-corrected chi connectivity index (χ3v) is 7.16. The summed E-state index contributed by atoms with van der Waals surface area (Å²) >= 11 is 0. The number of rotatable bonds is 6. The van der Waals surface area contributed by atoms with Gasteiger partial charge < -0.3 is 5.32 Å². The lowest BCUT2D eigenvalue weighted by Crippen LogP contribution is -2.26. The molecule has 206 valence electrons. The van der Waals surface area contributed by atoms with Gasteiger partial charge in [-0.2, -0.15) is 0 Å². The second-order valence-corrected chi connectivity index (χ2v) is 10.4. The van der Waals surface area contributed by atoms with Crippen LogP contribution in [-0.4, -0.2) is 37.1 Å². The molecule has 8 nitrogen and oxygen atoms in total. The minimum Gasteiger partial charge on any atom is -0.321 e. The van der Waals surface area contributed by atoms with Crippen LogP contribution in [0, 0.1) is 27.7 Å². The summed E-state index contributed by atoms with van der Waals surface area (Å²) in [4.78, 5) is 51.9. The number of fused-ring (bicyclic) bond motifs is 3. The topological polar surface area (TPSA) is 106 Å². The van der Waals surface area contributed by atoms with Crippen LogP contribution in [0.1, 0.15) is 64.8 Å². The van der Waals surface area contributed by atoms with Crippen LogP contribution in [0.15, 0.2) is 84.9 Å². The first-order valence-electron chi connectivity index (χ1n) is 13.5. The Morgan fingerprint density at radius 1 is 0.714 bits per heavy atom. The van der Waals surface area contributed by atoms with E-state index in [0.29, 0.717) is 27.8 Å². The van der Waals surface area contributed by atoms with Crippen LogP contribution in [0.2, 0.25) is 0 Å². The van der Waals surface area contributed by atoms with Crippen LogP contribution >= 0.6 is 0 Å². The third-order valence-electron chi connectivity index (χ3n) is 7.16. The van der Waals surface area contributed by atoms with E-state index in [4.69, 9.17) is 4.98 Å². The van der Waals surface area contributed by atoms with Crippen molar-refractivity contribution in [3.63, 3.8) is 0 Å². The summed E-state index contributed by atoms with van der Waals surface area (Å²) in [6, 6.07) is 24.8. The highest BCUT2D eigenvalue weighted by molar-refractivity contribution is 6.24. The van der Waals surface area contributed by atoms with Gasteiger partial charge in [-0.15, -0.1) is 5.10 Å². The molecule has 3 aromatic carbocycles. The Morgan fingerprint density at radius 2 is 1.31 bits per heavy atom. The molecule has 0 aliphatic heterocycles. The highest BCUT2D eigenvalue weighted by Crippen LogP contribution is 2.29. The van der Waals surface area contributed by atoms with E-state index < -0.39 is 17.5 Å². The second-order valence-electron chi connectivity index (χ2n) is 10.4. The third kappa shape index (κ3) is 4.73. The lowest BCUT2D eigenvalue weighted by molar-refractivity contribution is 0.0980. The van der Waals surface area contributed by atoms with Crippen molar-refractivity contribution in [3.8, 4) is 0 Å². The summed E-state index contributed by atoms with van der Waals surface area (Å²) in [5.74, 6) is -1.60. The molecule has 6 rings (SSSR count). The van der Waals surface area contributed by atoms with E-state index in [2.05, 4.69) is 15.4 Å². The summed E-state index contributed by atoms with van der Waals surface area (Å²) in [5, 5.41) is 8.13. The maximum absolute atomic E-state index is 14.3. The molecule has 6 aromatic rings. The highest BCUT2D eigenvalue weighted by atomic mass is 16.2. The normalized spacial score (nSPS) is 11.1. The Hall–Kier alpha value is -5.50. The van der Waals surface area contributed by atoms with Crippen LogP contribution in [0.4, 0.5) is 5.69 Å². The molecule has 0 aliphatic carbocycles. The van der Waals surface area contributed by atoms with Gasteiger partial charge in [0.15, 0.2) is 17.1 Å². The zero-order valence-corrected chi connectivity index (χ0v) is 23.6. The van der Waals surface area contributed by atoms with Gasteiger partial charge in [-0.25, -0.2) is 14.5 Å². The second kappa shape index (κ2) is 10.5. The predicted molar refractivity (Wildman–Crippen MR) is 161 cm³/mol. The van der Waals surface area contributed by atoms with E-state index >= 15 is 0 Å². The fourth-order valence-electron chi connectivity index (χ4n) is 5.04. The molecule has 0 unspecified atom stereocenters. The first kappa shape index (κ1) is 26.7. The summed E-state index contributed by atoms with van der Waals surface area (Å²) in [6.45, 7) is 7.59. The van der Waals surface area contributed by atoms with Gasteiger partial charge in [0.2, 0.25) is 5.78 Å². The molecule has 0 radical (unpaired) electrons. The standard InChI is InChI=1S/C34H27N5O3/c1-19-10-14-23(15-11-19)30(40)27-28(31(41)24-16-12-20(2)13-17-24)37-33-26-21(3)18-22(4)35-32(26)38-39(33)29(27)34(42)36-25-8-6-5-7-9-25/h5-18H,1-4H3,(H,36,42). The first-order valence-corrected chi connectivity index (χ1v) is 13.5. The quantitative estimate of drug-likeness (QED) is 0.245. The fraction of sp³-hybridized carbons (Fsp3) is 0.118. The number of nitrogens with one attached hydrogen (secondary N) is 1. The Balaban J connectivity index is 1.71. The zero-order chi connectivity index (χ0) is 29.5. The number of nitrogens with zero attached hydrogens (tertiary/aromatic N) is 4. The molecule has 0 aliphatic rings. The number of anilines is 1. The number of hydrogen-bond donors (Lipinski definition) is 1. The fourth-order valence-corrected chi connectivity index (χ4v) is 5.04. The number of aryl methyl sites for hydroxylation is 4. The van der Waals surface area contributed by atoms with Crippen LogP contribution in [0.25, 0.3) is 16.7 Å². The molecule has 0 saturated carbocycles. The molecule has 3 heterocycles. The first-order chi connectivity index (χ1) is 20.2. The number of carbonyl (C=O) groups is 3. The van der Waals surface area contributed by atoms with Crippen molar-refractivity contribution in [2.45, 2.75) is 27.7 Å². The maximum atomic E-state index is 14.3. The van der Waals surface area contributed by atoms with Gasteiger partial charge in [0.1, 0.15) is 11.4 Å². The van der Waals surface area contributed by atoms with E-state index in [1.165, 1.54) is 4.52 Å². The van der Waals surface area contributed by atoms with Gasteiger partial charge >= 0.3 is 0 Å². The molecule has 1 N–H and O–H groups in total. The van der Waals surface area contributed by atoms with E-state index in [0.717, 1.165) is 22.4 Å². The van der Waals surface area contributed by atoms with Crippen molar-refractivity contribution >= 4 is 39.8 Å². The van der Waals surface area contributed by atoms with Crippen molar-refractivity contribution in [3.05, 3.63) is 135 Å². The Bertz CT molecular complexity index is 2030. The lowest BCUT2D eigenvalue weighted by Gasteiger charge is -2.15. The lowest BCUT2D eigenvalue weighted by atomic mass is 9.94. The number of para-hydroxylation sites is 1. The molecule has 0 bridgehead atoms. The van der Waals surface area contributed by atoms with Gasteiger partial charge in [0.05, 0.1) is 10.9 Å². The Labute approximate surface area is 242 Å². The Kier molecular flexibility index (Phi) is 6.66. The highest BCUT2D eigenvalue weighted by Gasteiger charge is 2.32. The monoisotopic (exact) mass is 553 g/mol. The van der Waals surface area contributed by atoms with Crippen molar-refractivity contribution in [2.24, 2.45) is 0 Å². The van der Waals surface area contributed by atoms with Crippen molar-refractivity contribution < 1.29 is 14.4 Å². The summed E-state index contributed by atoms with van der Waals surface area (Å²) in [5.41, 5.74) is 4.98. The van der Waals surface area contributed by atoms with Gasteiger partial charge in [-0.3, -0.25) is 14.4 Å². The maximum Gasteiger partial charge on any atom is 0.275 e. The van der Waals surface area contributed by atoms with Gasteiger partial charge in [-0.05, 0) is 51.5 Å². The summed E-state index contributed by atoms with van der Waals surface area (Å²) in [7, 11) is 0. The van der Waals surface area contributed by atoms with Gasteiger partial charge in [0.25, 0.3) is 5.91 Å². The Morgan fingerprint density at radius 3 is 1.93 bits per heavy atom. The number of pyridine rings is 1. The molecular weight excluding hydrogens is 526 g/mol. The van der Waals surface area contributed by atoms with Crippen LogP contribution in [-0.2, 0) is 0 Å². The molecule has 1 amide bonds. The average Bonchev–Trinajstić information content (AvgIpc) is 3.34. The predicted octanol–water partition coefficient (Wildman–Crippen LogP) is 6.23. The number of aromatic nitrogens is 4. The smallest absolute Gasteiger partial charge is 0.275 e. The van der Waals surface area contributed by atoms with Crippen LogP contribution in [0.3, 0.4) is 0 Å². The van der Waals surface area contributed by atoms with E-state index in [9.17, 15) is 14.4 Å². The minimum absolute atomic E-state index is 0.0973. The molecule has 0 atom stereocenters. The van der Waals surface area contributed by atoms with Crippen molar-refractivity contribution in [1.29, 1.82) is 0 Å². The molecule has 42 heavy (non-hydrogen) atoms. The largest absolute Gasteiger partial charge is 0.321 e. The molecule has 0 spiro atoms. The average molecular weight is 554 g/mol.